The van der Waals surface area contributed by atoms with Crippen molar-refractivity contribution in [3.8, 4) is 5.75 Å². The van der Waals surface area contributed by atoms with Crippen molar-refractivity contribution < 1.29 is 9.53 Å². The highest BCUT2D eigenvalue weighted by Gasteiger charge is 2.08. The Morgan fingerprint density at radius 1 is 1.24 bits per heavy atom. The lowest BCUT2D eigenvalue weighted by Crippen LogP contribution is -2.13. The lowest BCUT2D eigenvalue weighted by molar-refractivity contribution is 0.102. The number of carbonyl (C=O) groups excluding carboxylic acids is 1. The molecule has 0 aliphatic heterocycles. The minimum atomic E-state index is -0.196. The maximum Gasteiger partial charge on any atom is 0.255 e. The minimum absolute atomic E-state index is 0.142. The zero-order chi connectivity index (χ0) is 15.2. The van der Waals surface area contributed by atoms with Gasteiger partial charge < -0.3 is 10.1 Å². The van der Waals surface area contributed by atoms with Gasteiger partial charge in [0.1, 0.15) is 5.75 Å². The topological polar surface area (TPSA) is 38.3 Å². The third-order valence-corrected chi connectivity index (χ3v) is 3.33. The van der Waals surface area contributed by atoms with Crippen LogP contribution in [0.25, 0.3) is 0 Å². The number of benzene rings is 2. The van der Waals surface area contributed by atoms with Crippen LogP contribution in [0.2, 0.25) is 5.02 Å². The fraction of sp³-hybridized carbons (Fsp3) is 0.235. The zero-order valence-corrected chi connectivity index (χ0v) is 12.9. The molecule has 4 heteroatoms. The molecule has 1 unspecified atom stereocenters. The van der Waals surface area contributed by atoms with Gasteiger partial charge >= 0.3 is 0 Å². The summed E-state index contributed by atoms with van der Waals surface area (Å²) in [6.07, 6.45) is 1.07. The van der Waals surface area contributed by atoms with Crippen LogP contribution < -0.4 is 10.1 Å². The van der Waals surface area contributed by atoms with Gasteiger partial charge in [0.15, 0.2) is 0 Å². The number of ether oxygens (including phenoxy) is 1. The van der Waals surface area contributed by atoms with E-state index in [-0.39, 0.29) is 12.0 Å². The maximum atomic E-state index is 12.1. The van der Waals surface area contributed by atoms with E-state index in [1.54, 1.807) is 24.3 Å². The molecule has 0 heterocycles. The van der Waals surface area contributed by atoms with Crippen molar-refractivity contribution in [3.63, 3.8) is 0 Å². The van der Waals surface area contributed by atoms with E-state index in [1.807, 2.05) is 31.2 Å². The van der Waals surface area contributed by atoms with Crippen molar-refractivity contribution in [1.29, 1.82) is 0 Å². The summed E-state index contributed by atoms with van der Waals surface area (Å²) >= 11 is 5.89. The van der Waals surface area contributed by atoms with E-state index >= 15 is 0 Å². The van der Waals surface area contributed by atoms with Crippen LogP contribution in [0, 0.1) is 0 Å². The summed E-state index contributed by atoms with van der Waals surface area (Å²) in [5, 5.41) is 3.38. The molecule has 0 aromatic heterocycles. The Morgan fingerprint density at radius 2 is 2.00 bits per heavy atom. The molecule has 1 N–H and O–H groups in total. The molecule has 1 amide bonds. The molecule has 0 fully saturated rings. The van der Waals surface area contributed by atoms with Crippen LogP contribution >= 0.6 is 11.6 Å². The molecular formula is C17H18ClNO2. The van der Waals surface area contributed by atoms with E-state index in [1.165, 1.54) is 0 Å². The van der Waals surface area contributed by atoms with Crippen molar-refractivity contribution in [3.05, 3.63) is 59.1 Å². The largest absolute Gasteiger partial charge is 0.491 e. The third-order valence-electron chi connectivity index (χ3n) is 3.09. The standard InChI is InChI=1S/C17H18ClNO2/c1-3-12(2)21-16-9-5-8-15(11-16)19-17(20)13-6-4-7-14(18)10-13/h4-12H,3H2,1-2H3,(H,19,20). The first-order valence-corrected chi connectivity index (χ1v) is 7.30. The number of amides is 1. The molecular weight excluding hydrogens is 286 g/mol. The fourth-order valence-electron chi connectivity index (χ4n) is 1.80. The highest BCUT2D eigenvalue weighted by atomic mass is 35.5. The molecule has 2 aromatic rings. The van der Waals surface area contributed by atoms with Gasteiger partial charge in [0, 0.05) is 22.3 Å². The SMILES string of the molecule is CCC(C)Oc1cccc(NC(=O)c2cccc(Cl)c2)c1. The molecule has 3 nitrogen and oxygen atoms in total. The smallest absolute Gasteiger partial charge is 0.255 e. The average molecular weight is 304 g/mol. The summed E-state index contributed by atoms with van der Waals surface area (Å²) in [5.41, 5.74) is 1.22. The van der Waals surface area contributed by atoms with Crippen molar-refractivity contribution >= 4 is 23.2 Å². The van der Waals surface area contributed by atoms with Crippen LogP contribution in [0.3, 0.4) is 0 Å². The maximum absolute atomic E-state index is 12.1. The number of anilines is 1. The molecule has 0 radical (unpaired) electrons. The lowest BCUT2D eigenvalue weighted by atomic mass is 10.2. The fourth-order valence-corrected chi connectivity index (χ4v) is 1.99. The predicted molar refractivity (Wildman–Crippen MR) is 86.2 cm³/mol. The van der Waals surface area contributed by atoms with E-state index in [4.69, 9.17) is 16.3 Å². The van der Waals surface area contributed by atoms with Gasteiger partial charge in [-0.05, 0) is 43.7 Å². The number of rotatable bonds is 5. The molecule has 21 heavy (non-hydrogen) atoms. The van der Waals surface area contributed by atoms with Gasteiger partial charge in [-0.1, -0.05) is 30.7 Å². The number of hydrogen-bond acceptors (Lipinski definition) is 2. The third kappa shape index (κ3) is 4.50. The van der Waals surface area contributed by atoms with Gasteiger partial charge in [-0.2, -0.15) is 0 Å². The van der Waals surface area contributed by atoms with Crippen molar-refractivity contribution in [2.75, 3.05) is 5.32 Å². The summed E-state index contributed by atoms with van der Waals surface area (Å²) in [6, 6.07) is 14.2. The molecule has 1 atom stereocenters. The van der Waals surface area contributed by atoms with E-state index < -0.39 is 0 Å². The first-order valence-electron chi connectivity index (χ1n) is 6.92. The van der Waals surface area contributed by atoms with Crippen LogP contribution in [0.15, 0.2) is 48.5 Å². The average Bonchev–Trinajstić information content (AvgIpc) is 2.47. The first-order chi connectivity index (χ1) is 10.1. The van der Waals surface area contributed by atoms with Crippen LogP contribution in [0.1, 0.15) is 30.6 Å². The number of halogens is 1. The first kappa shape index (κ1) is 15.4. The van der Waals surface area contributed by atoms with Crippen molar-refractivity contribution in [1.82, 2.24) is 0 Å². The van der Waals surface area contributed by atoms with E-state index in [0.717, 1.165) is 12.2 Å². The molecule has 0 saturated heterocycles. The van der Waals surface area contributed by atoms with Crippen molar-refractivity contribution in [2.24, 2.45) is 0 Å². The Morgan fingerprint density at radius 3 is 2.71 bits per heavy atom. The summed E-state index contributed by atoms with van der Waals surface area (Å²) in [4.78, 5) is 12.1. The molecule has 110 valence electrons. The molecule has 0 aliphatic carbocycles. The monoisotopic (exact) mass is 303 g/mol. The van der Waals surface area contributed by atoms with Gasteiger partial charge in [0.05, 0.1) is 6.10 Å². The Labute approximate surface area is 129 Å². The van der Waals surface area contributed by atoms with Gasteiger partial charge in [-0.3, -0.25) is 4.79 Å². The quantitative estimate of drug-likeness (QED) is 0.864. The Kier molecular flexibility index (Phi) is 5.23. The summed E-state index contributed by atoms with van der Waals surface area (Å²) in [5.74, 6) is 0.548. The second kappa shape index (κ2) is 7.14. The highest BCUT2D eigenvalue weighted by Crippen LogP contribution is 2.20. The molecule has 2 aromatic carbocycles. The van der Waals surface area contributed by atoms with Gasteiger partial charge in [0.25, 0.3) is 5.91 Å². The Balaban J connectivity index is 2.09. The summed E-state index contributed by atoms with van der Waals surface area (Å²) < 4.78 is 5.74. The van der Waals surface area contributed by atoms with Crippen LogP contribution in [-0.2, 0) is 0 Å². The second-order valence-electron chi connectivity index (χ2n) is 4.83. The molecule has 0 aliphatic rings. The van der Waals surface area contributed by atoms with E-state index in [9.17, 15) is 4.79 Å². The normalized spacial score (nSPS) is 11.8. The van der Waals surface area contributed by atoms with Gasteiger partial charge in [0.2, 0.25) is 0 Å². The second-order valence-corrected chi connectivity index (χ2v) is 5.27. The number of carbonyl (C=O) groups is 1. The molecule has 0 spiro atoms. The highest BCUT2D eigenvalue weighted by molar-refractivity contribution is 6.31. The Hall–Kier alpha value is -2.00. The van der Waals surface area contributed by atoms with Crippen LogP contribution in [0.5, 0.6) is 5.75 Å². The molecule has 2 rings (SSSR count). The minimum Gasteiger partial charge on any atom is -0.491 e. The van der Waals surface area contributed by atoms with Gasteiger partial charge in [-0.15, -0.1) is 0 Å². The summed E-state index contributed by atoms with van der Waals surface area (Å²) in [7, 11) is 0. The summed E-state index contributed by atoms with van der Waals surface area (Å²) in [6.45, 7) is 4.08. The zero-order valence-electron chi connectivity index (χ0n) is 12.1. The van der Waals surface area contributed by atoms with E-state index in [2.05, 4.69) is 12.2 Å². The molecule has 0 saturated carbocycles. The number of nitrogens with one attached hydrogen (secondary N) is 1. The predicted octanol–water partition coefficient (Wildman–Crippen LogP) is 4.77. The van der Waals surface area contributed by atoms with Crippen LogP contribution in [-0.4, -0.2) is 12.0 Å². The lowest BCUT2D eigenvalue weighted by Gasteiger charge is -2.13. The van der Waals surface area contributed by atoms with Crippen LogP contribution in [0.4, 0.5) is 5.69 Å². The number of hydrogen-bond donors (Lipinski definition) is 1. The Bertz CT molecular complexity index is 628. The van der Waals surface area contributed by atoms with E-state index in [0.29, 0.717) is 16.3 Å². The molecule has 0 bridgehead atoms. The van der Waals surface area contributed by atoms with Crippen molar-refractivity contribution in [2.45, 2.75) is 26.4 Å². The van der Waals surface area contributed by atoms with Gasteiger partial charge in [-0.25, -0.2) is 0 Å².